The van der Waals surface area contributed by atoms with Crippen LogP contribution in [0.15, 0.2) is 60.7 Å². The topological polar surface area (TPSA) is 90.0 Å². The number of amides is 1. The van der Waals surface area contributed by atoms with E-state index < -0.39 is 29.8 Å². The Balaban J connectivity index is 1.71. The average Bonchev–Trinajstić information content (AvgIpc) is 3.32. The Kier molecular flexibility index (Phi) is 8.14. The van der Waals surface area contributed by atoms with E-state index >= 15 is 0 Å². The van der Waals surface area contributed by atoms with Gasteiger partial charge in [0.2, 0.25) is 0 Å². The smallest absolute Gasteiger partial charge is 0.396 e. The molecule has 1 fully saturated rings. The van der Waals surface area contributed by atoms with Crippen LogP contribution in [0.25, 0.3) is 0 Å². The summed E-state index contributed by atoms with van der Waals surface area (Å²) in [6.45, 7) is 0.432. The number of rotatable bonds is 8. The van der Waals surface area contributed by atoms with Gasteiger partial charge in [-0.25, -0.2) is 4.79 Å². The van der Waals surface area contributed by atoms with Crippen molar-refractivity contribution in [2.75, 3.05) is 13.7 Å². The number of Topliss-reactive ketones (excluding diaryl/α,β-unsaturated/α-hetero) is 1. The fraction of sp³-hybridized carbons (Fsp3) is 0.360. The predicted molar refractivity (Wildman–Crippen MR) is 116 cm³/mol. The number of methoxy groups -OCH3 is 1. The van der Waals surface area contributed by atoms with Crippen molar-refractivity contribution >= 4 is 23.6 Å². The van der Waals surface area contributed by atoms with Crippen LogP contribution >= 0.6 is 0 Å². The van der Waals surface area contributed by atoms with E-state index in [2.05, 4.69) is 4.74 Å². The average molecular weight is 437 g/mol. The van der Waals surface area contributed by atoms with Crippen LogP contribution in [0, 0.1) is 5.92 Å². The van der Waals surface area contributed by atoms with E-state index in [1.54, 1.807) is 0 Å². The molecule has 0 aromatic heterocycles. The van der Waals surface area contributed by atoms with E-state index in [4.69, 9.17) is 4.74 Å². The van der Waals surface area contributed by atoms with E-state index in [0.717, 1.165) is 18.2 Å². The Labute approximate surface area is 187 Å². The number of ketones is 1. The summed E-state index contributed by atoms with van der Waals surface area (Å²) in [7, 11) is 1.13. The van der Waals surface area contributed by atoms with Gasteiger partial charge in [0, 0.05) is 13.0 Å². The van der Waals surface area contributed by atoms with Crippen molar-refractivity contribution in [1.29, 1.82) is 0 Å². The lowest BCUT2D eigenvalue weighted by Gasteiger charge is -2.24. The van der Waals surface area contributed by atoms with Crippen LogP contribution in [0.4, 0.5) is 0 Å². The lowest BCUT2D eigenvalue weighted by Crippen LogP contribution is -2.45. The highest BCUT2D eigenvalue weighted by Crippen LogP contribution is 2.24. The molecule has 1 aliphatic rings. The summed E-state index contributed by atoms with van der Waals surface area (Å²) < 4.78 is 10.0. The zero-order valence-electron chi connectivity index (χ0n) is 18.1. The van der Waals surface area contributed by atoms with Crippen molar-refractivity contribution < 1.29 is 28.7 Å². The van der Waals surface area contributed by atoms with Gasteiger partial charge < -0.3 is 14.4 Å². The molecule has 1 heterocycles. The summed E-state index contributed by atoms with van der Waals surface area (Å²) in [5, 5.41) is 0. The second-order valence-electron chi connectivity index (χ2n) is 7.80. The molecule has 0 unspecified atom stereocenters. The molecule has 0 spiro atoms. The van der Waals surface area contributed by atoms with Crippen molar-refractivity contribution in [2.45, 2.75) is 38.3 Å². The minimum Gasteiger partial charge on any atom is -0.462 e. The van der Waals surface area contributed by atoms with Crippen LogP contribution in [0.2, 0.25) is 0 Å². The molecule has 0 N–H and O–H groups in total. The van der Waals surface area contributed by atoms with Crippen LogP contribution in [0.1, 0.15) is 30.4 Å². The molecule has 0 bridgehead atoms. The summed E-state index contributed by atoms with van der Waals surface area (Å²) in [4.78, 5) is 51.2. The van der Waals surface area contributed by atoms with Crippen LogP contribution in [0.5, 0.6) is 0 Å². The van der Waals surface area contributed by atoms with Crippen LogP contribution in [-0.4, -0.2) is 48.2 Å². The lowest BCUT2D eigenvalue weighted by atomic mass is 9.91. The second-order valence-corrected chi connectivity index (χ2v) is 7.80. The minimum atomic E-state index is -0.993. The first kappa shape index (κ1) is 23.2. The highest BCUT2D eigenvalue weighted by molar-refractivity contribution is 6.32. The second kappa shape index (κ2) is 11.2. The van der Waals surface area contributed by atoms with Gasteiger partial charge in [-0.2, -0.15) is 0 Å². The van der Waals surface area contributed by atoms with E-state index in [9.17, 15) is 19.2 Å². The molecule has 2 aromatic carbocycles. The summed E-state index contributed by atoms with van der Waals surface area (Å²) >= 11 is 0. The standard InChI is InChI=1S/C25H27NO6/c1-31-25(30)23(28)26-14-8-13-21(26)22(27)16-20(15-18-9-4-2-5-10-18)24(29)32-17-19-11-6-3-7-12-19/h2-7,9-12,20-21H,8,13-17H2,1H3/t20-,21+/m1/s1. The monoisotopic (exact) mass is 437 g/mol. The van der Waals surface area contributed by atoms with Gasteiger partial charge in [0.15, 0.2) is 5.78 Å². The largest absolute Gasteiger partial charge is 0.462 e. The van der Waals surface area contributed by atoms with Gasteiger partial charge in [-0.3, -0.25) is 14.4 Å². The molecule has 0 aliphatic carbocycles. The van der Waals surface area contributed by atoms with Gasteiger partial charge in [0.1, 0.15) is 6.61 Å². The zero-order chi connectivity index (χ0) is 22.9. The maximum absolute atomic E-state index is 13.1. The molecule has 1 saturated heterocycles. The molecule has 1 amide bonds. The van der Waals surface area contributed by atoms with Gasteiger partial charge in [0.25, 0.3) is 0 Å². The number of benzene rings is 2. The number of esters is 2. The molecule has 2 aromatic rings. The number of hydrogen-bond donors (Lipinski definition) is 0. The highest BCUT2D eigenvalue weighted by atomic mass is 16.5. The third-order valence-electron chi connectivity index (χ3n) is 5.58. The number of nitrogens with zero attached hydrogens (tertiary/aromatic N) is 1. The fourth-order valence-corrected chi connectivity index (χ4v) is 3.91. The van der Waals surface area contributed by atoms with Gasteiger partial charge >= 0.3 is 17.8 Å². The van der Waals surface area contributed by atoms with Crippen molar-refractivity contribution in [1.82, 2.24) is 4.90 Å². The molecule has 7 nitrogen and oxygen atoms in total. The van der Waals surface area contributed by atoms with E-state index in [1.807, 2.05) is 60.7 Å². The fourth-order valence-electron chi connectivity index (χ4n) is 3.91. The number of carbonyl (C=O) groups excluding carboxylic acids is 4. The Morgan fingerprint density at radius 1 is 0.969 bits per heavy atom. The Morgan fingerprint density at radius 2 is 1.59 bits per heavy atom. The SMILES string of the molecule is COC(=O)C(=O)N1CCC[C@H]1C(=O)C[C@@H](Cc1ccccc1)C(=O)OCc1ccccc1. The van der Waals surface area contributed by atoms with Gasteiger partial charge in [-0.1, -0.05) is 60.7 Å². The number of carbonyl (C=O) groups is 4. The highest BCUT2D eigenvalue weighted by Gasteiger charge is 2.38. The van der Waals surface area contributed by atoms with Crippen molar-refractivity contribution in [2.24, 2.45) is 5.92 Å². The Morgan fingerprint density at radius 3 is 2.22 bits per heavy atom. The molecule has 2 atom stereocenters. The van der Waals surface area contributed by atoms with Crippen LogP contribution < -0.4 is 0 Å². The molecule has 7 heteroatoms. The number of likely N-dealkylation sites (tertiary alicyclic amines) is 1. The van der Waals surface area contributed by atoms with E-state index in [-0.39, 0.29) is 18.8 Å². The number of hydrogen-bond acceptors (Lipinski definition) is 6. The van der Waals surface area contributed by atoms with E-state index in [1.165, 1.54) is 4.90 Å². The molecular weight excluding hydrogens is 410 g/mol. The first-order valence-electron chi connectivity index (χ1n) is 10.7. The minimum absolute atomic E-state index is 0.0713. The van der Waals surface area contributed by atoms with Crippen molar-refractivity contribution in [3.05, 3.63) is 71.8 Å². The van der Waals surface area contributed by atoms with Crippen LogP contribution in [0.3, 0.4) is 0 Å². The molecule has 32 heavy (non-hydrogen) atoms. The van der Waals surface area contributed by atoms with Gasteiger partial charge in [-0.15, -0.1) is 0 Å². The Bertz CT molecular complexity index is 943. The summed E-state index contributed by atoms with van der Waals surface area (Å²) in [5.41, 5.74) is 1.77. The van der Waals surface area contributed by atoms with Crippen molar-refractivity contribution in [3.63, 3.8) is 0 Å². The third-order valence-corrected chi connectivity index (χ3v) is 5.58. The zero-order valence-corrected chi connectivity index (χ0v) is 18.1. The first-order chi connectivity index (χ1) is 15.5. The predicted octanol–water partition coefficient (Wildman–Crippen LogP) is 2.71. The van der Waals surface area contributed by atoms with Gasteiger partial charge in [-0.05, 0) is 30.4 Å². The molecule has 3 rings (SSSR count). The molecule has 1 aliphatic heterocycles. The summed E-state index contributed by atoms with van der Waals surface area (Å²) in [6.07, 6.45) is 1.34. The third kappa shape index (κ3) is 6.03. The molecular formula is C25H27NO6. The number of ether oxygens (including phenoxy) is 2. The van der Waals surface area contributed by atoms with Crippen LogP contribution in [-0.2, 0) is 41.7 Å². The normalized spacial score (nSPS) is 16.3. The van der Waals surface area contributed by atoms with E-state index in [0.29, 0.717) is 25.8 Å². The first-order valence-corrected chi connectivity index (χ1v) is 10.7. The van der Waals surface area contributed by atoms with Crippen molar-refractivity contribution in [3.8, 4) is 0 Å². The van der Waals surface area contributed by atoms with Gasteiger partial charge in [0.05, 0.1) is 19.1 Å². The maximum atomic E-state index is 13.1. The molecule has 168 valence electrons. The lowest BCUT2D eigenvalue weighted by molar-refractivity contribution is -0.159. The quantitative estimate of drug-likeness (QED) is 0.466. The summed E-state index contributed by atoms with van der Waals surface area (Å²) in [6, 6.07) is 18.0. The maximum Gasteiger partial charge on any atom is 0.396 e. The Hall–Kier alpha value is -3.48. The molecule has 0 radical (unpaired) electrons. The molecule has 0 saturated carbocycles. The summed E-state index contributed by atoms with van der Waals surface area (Å²) in [5.74, 6) is -3.22.